The Morgan fingerprint density at radius 2 is 2.40 bits per heavy atom. The fourth-order valence-electron chi connectivity index (χ4n) is 0.425. The van der Waals surface area contributed by atoms with Crippen LogP contribution in [0.5, 0.6) is 0 Å². The zero-order chi connectivity index (χ0) is 7.98. The van der Waals surface area contributed by atoms with E-state index in [9.17, 15) is 4.79 Å². The van der Waals surface area contributed by atoms with Gasteiger partial charge in [-0.3, -0.25) is 0 Å². The highest BCUT2D eigenvalue weighted by Gasteiger charge is 2.05. The van der Waals surface area contributed by atoms with Crippen LogP contribution in [0.15, 0.2) is 24.5 Å². The third kappa shape index (κ3) is 2.46. The number of hydrogen-bond acceptors (Lipinski definition) is 3. The first-order chi connectivity index (χ1) is 4.76. The molecular weight excluding hydrogens is 132 g/mol. The van der Waals surface area contributed by atoms with E-state index in [0.717, 1.165) is 6.26 Å². The summed E-state index contributed by atoms with van der Waals surface area (Å²) in [4.78, 5) is 10.7. The number of rotatable bonds is 3. The molecule has 0 saturated heterocycles. The van der Waals surface area contributed by atoms with Gasteiger partial charge in [-0.2, -0.15) is 0 Å². The predicted molar refractivity (Wildman–Crippen MR) is 37.1 cm³/mol. The van der Waals surface area contributed by atoms with Gasteiger partial charge in [-0.1, -0.05) is 12.7 Å². The molecule has 0 amide bonds. The molecule has 0 aromatic rings. The minimum atomic E-state index is -0.556. The second-order valence-corrected chi connectivity index (χ2v) is 1.54. The molecule has 0 spiro atoms. The van der Waals surface area contributed by atoms with E-state index in [0.29, 0.717) is 0 Å². The number of esters is 1. The molecule has 0 aliphatic rings. The third-order valence-electron chi connectivity index (χ3n) is 0.971. The maximum Gasteiger partial charge on any atom is 0.340 e. The summed E-state index contributed by atoms with van der Waals surface area (Å²) in [5.41, 5.74) is 0.236. The van der Waals surface area contributed by atoms with Crippen LogP contribution >= 0.6 is 0 Å². The largest absolute Gasteiger partial charge is 0.432 e. The lowest BCUT2D eigenvalue weighted by atomic mass is 10.3. The number of carbonyl (C=O) groups excluding carboxylic acids is 1. The normalized spacial score (nSPS) is 10.8. The van der Waals surface area contributed by atoms with E-state index in [2.05, 4.69) is 11.3 Å². The van der Waals surface area contributed by atoms with E-state index in [1.807, 2.05) is 0 Å². The minimum Gasteiger partial charge on any atom is -0.432 e. The molecule has 0 atom stereocenters. The number of hydrogen-bond donors (Lipinski definition) is 1. The minimum absolute atomic E-state index is 0.236. The predicted octanol–water partition coefficient (Wildman–Crippen LogP) is 0.612. The van der Waals surface area contributed by atoms with Crippen LogP contribution in [0.3, 0.4) is 0 Å². The van der Waals surface area contributed by atoms with Gasteiger partial charge < -0.3 is 9.84 Å². The second kappa shape index (κ2) is 4.76. The standard InChI is InChI=1S/C7H10O3/c1-3-6(5-8)7(9)10-4-2/h3-4,8H,2,5H2,1H3. The van der Waals surface area contributed by atoms with Crippen molar-refractivity contribution in [3.8, 4) is 0 Å². The molecule has 0 aromatic heterocycles. The molecule has 3 nitrogen and oxygen atoms in total. The quantitative estimate of drug-likeness (QED) is 0.357. The lowest BCUT2D eigenvalue weighted by Gasteiger charge is -1.98. The van der Waals surface area contributed by atoms with Gasteiger partial charge in [0.1, 0.15) is 0 Å². The van der Waals surface area contributed by atoms with Crippen molar-refractivity contribution in [2.75, 3.05) is 6.61 Å². The molecule has 0 aliphatic carbocycles. The van der Waals surface area contributed by atoms with Crippen molar-refractivity contribution in [2.45, 2.75) is 6.92 Å². The molecule has 0 fully saturated rings. The second-order valence-electron chi connectivity index (χ2n) is 1.54. The highest BCUT2D eigenvalue weighted by molar-refractivity contribution is 5.88. The van der Waals surface area contributed by atoms with Crippen molar-refractivity contribution in [3.05, 3.63) is 24.5 Å². The van der Waals surface area contributed by atoms with Crippen LogP contribution in [0.1, 0.15) is 6.92 Å². The van der Waals surface area contributed by atoms with Gasteiger partial charge in [0.15, 0.2) is 0 Å². The Balaban J connectivity index is 4.03. The molecule has 0 rings (SSSR count). The molecule has 0 unspecified atom stereocenters. The van der Waals surface area contributed by atoms with Crippen molar-refractivity contribution < 1.29 is 14.6 Å². The Kier molecular flexibility index (Phi) is 4.24. The summed E-state index contributed by atoms with van der Waals surface area (Å²) < 4.78 is 4.38. The number of aliphatic hydroxyl groups excluding tert-OH is 1. The average Bonchev–Trinajstić information content (AvgIpc) is 1.91. The van der Waals surface area contributed by atoms with E-state index in [-0.39, 0.29) is 12.2 Å². The number of allylic oxidation sites excluding steroid dienone is 1. The molecule has 10 heavy (non-hydrogen) atoms. The molecule has 3 heteroatoms. The molecule has 0 heterocycles. The Morgan fingerprint density at radius 3 is 2.70 bits per heavy atom. The van der Waals surface area contributed by atoms with Gasteiger partial charge in [-0.25, -0.2) is 4.79 Å². The van der Waals surface area contributed by atoms with Gasteiger partial charge in [0.25, 0.3) is 0 Å². The van der Waals surface area contributed by atoms with Crippen molar-refractivity contribution >= 4 is 5.97 Å². The third-order valence-corrected chi connectivity index (χ3v) is 0.971. The van der Waals surface area contributed by atoms with E-state index in [4.69, 9.17) is 5.11 Å². The highest BCUT2D eigenvalue weighted by atomic mass is 16.5. The molecule has 0 aliphatic heterocycles. The van der Waals surface area contributed by atoms with Crippen LogP contribution in [0.25, 0.3) is 0 Å². The van der Waals surface area contributed by atoms with Gasteiger partial charge in [0.2, 0.25) is 0 Å². The molecule has 0 saturated carbocycles. The smallest absolute Gasteiger partial charge is 0.340 e. The van der Waals surface area contributed by atoms with Crippen molar-refractivity contribution in [1.29, 1.82) is 0 Å². The van der Waals surface area contributed by atoms with E-state index in [1.54, 1.807) is 6.92 Å². The molecule has 0 bridgehead atoms. The number of carbonyl (C=O) groups is 1. The van der Waals surface area contributed by atoms with E-state index >= 15 is 0 Å². The first-order valence-electron chi connectivity index (χ1n) is 2.84. The summed E-state index contributed by atoms with van der Waals surface area (Å²) >= 11 is 0. The van der Waals surface area contributed by atoms with Crippen molar-refractivity contribution in [2.24, 2.45) is 0 Å². The summed E-state index contributed by atoms with van der Waals surface area (Å²) in [5, 5.41) is 8.52. The lowest BCUT2D eigenvalue weighted by Crippen LogP contribution is -2.06. The van der Waals surface area contributed by atoms with E-state index < -0.39 is 5.97 Å². The van der Waals surface area contributed by atoms with Gasteiger partial charge in [-0.05, 0) is 6.92 Å². The summed E-state index contributed by atoms with van der Waals surface area (Å²) in [7, 11) is 0. The Hall–Kier alpha value is -1.09. The van der Waals surface area contributed by atoms with Crippen LogP contribution in [-0.2, 0) is 9.53 Å². The fourth-order valence-corrected chi connectivity index (χ4v) is 0.425. The highest BCUT2D eigenvalue weighted by Crippen LogP contribution is 1.95. The van der Waals surface area contributed by atoms with Crippen LogP contribution in [0.4, 0.5) is 0 Å². The number of aliphatic hydroxyl groups is 1. The Labute approximate surface area is 59.6 Å². The van der Waals surface area contributed by atoms with Crippen LogP contribution in [0, 0.1) is 0 Å². The topological polar surface area (TPSA) is 46.5 Å². The van der Waals surface area contributed by atoms with Crippen molar-refractivity contribution in [3.63, 3.8) is 0 Å². The molecule has 1 N–H and O–H groups in total. The lowest BCUT2D eigenvalue weighted by molar-refractivity contribution is -0.134. The summed E-state index contributed by atoms with van der Waals surface area (Å²) in [5.74, 6) is -0.556. The fraction of sp³-hybridized carbons (Fsp3) is 0.286. The monoisotopic (exact) mass is 142 g/mol. The Bertz CT molecular complexity index is 158. The molecule has 0 radical (unpaired) electrons. The van der Waals surface area contributed by atoms with Gasteiger partial charge in [0.05, 0.1) is 18.4 Å². The molecular formula is C7H10O3. The summed E-state index contributed by atoms with van der Waals surface area (Å²) in [6.45, 7) is 4.55. The van der Waals surface area contributed by atoms with Gasteiger partial charge >= 0.3 is 5.97 Å². The van der Waals surface area contributed by atoms with Crippen LogP contribution in [0.2, 0.25) is 0 Å². The summed E-state index contributed by atoms with van der Waals surface area (Å²) in [6, 6.07) is 0. The maximum atomic E-state index is 10.7. The van der Waals surface area contributed by atoms with Gasteiger partial charge in [-0.15, -0.1) is 0 Å². The van der Waals surface area contributed by atoms with Gasteiger partial charge in [0, 0.05) is 0 Å². The number of ether oxygens (including phenoxy) is 1. The van der Waals surface area contributed by atoms with Crippen LogP contribution < -0.4 is 0 Å². The maximum absolute atomic E-state index is 10.7. The SMILES string of the molecule is C=COC(=O)C(=CC)CO. The van der Waals surface area contributed by atoms with Crippen molar-refractivity contribution in [1.82, 2.24) is 0 Å². The molecule has 0 aromatic carbocycles. The Morgan fingerprint density at radius 1 is 1.80 bits per heavy atom. The molecule has 56 valence electrons. The first-order valence-corrected chi connectivity index (χ1v) is 2.84. The average molecular weight is 142 g/mol. The zero-order valence-electron chi connectivity index (χ0n) is 5.83. The first kappa shape index (κ1) is 8.91. The zero-order valence-corrected chi connectivity index (χ0v) is 5.83. The van der Waals surface area contributed by atoms with Crippen LogP contribution in [-0.4, -0.2) is 17.7 Å². The summed E-state index contributed by atoms with van der Waals surface area (Å²) in [6.07, 6.45) is 2.52. The van der Waals surface area contributed by atoms with E-state index in [1.165, 1.54) is 6.08 Å².